The number of para-hydroxylation sites is 1. The second-order valence-electron chi connectivity index (χ2n) is 4.02. The van der Waals surface area contributed by atoms with E-state index in [1.54, 1.807) is 6.20 Å². The maximum atomic E-state index is 11.9. The molecule has 6 heteroatoms. The Morgan fingerprint density at radius 2 is 2.11 bits per heavy atom. The smallest absolute Gasteiger partial charge is 0.253 e. The Bertz CT molecular complexity index is 592. The quantitative estimate of drug-likeness (QED) is 0.656. The Morgan fingerprint density at radius 3 is 2.89 bits per heavy atom. The number of fused-ring (bicyclic) bond motifs is 1. The van der Waals surface area contributed by atoms with Crippen LogP contribution in [0, 0.1) is 0 Å². The zero-order valence-corrected chi connectivity index (χ0v) is 10.3. The minimum atomic E-state index is -0.525. The highest BCUT2D eigenvalue weighted by Gasteiger charge is 2.10. The molecule has 0 aliphatic heterocycles. The molecule has 1 aromatic carbocycles. The first-order valence-corrected chi connectivity index (χ1v) is 5.89. The van der Waals surface area contributed by atoms with E-state index in [1.165, 1.54) is 0 Å². The van der Waals surface area contributed by atoms with Gasteiger partial charge in [0.15, 0.2) is 0 Å². The van der Waals surface area contributed by atoms with Crippen LogP contribution in [-0.2, 0) is 9.53 Å². The van der Waals surface area contributed by atoms with E-state index in [1.807, 2.05) is 24.3 Å². The van der Waals surface area contributed by atoms with Gasteiger partial charge in [-0.3, -0.25) is 9.59 Å². The third-order valence-electron chi connectivity index (χ3n) is 2.61. The van der Waals surface area contributed by atoms with Crippen molar-refractivity contribution < 1.29 is 14.3 Å². The van der Waals surface area contributed by atoms with Crippen LogP contribution in [0.25, 0.3) is 10.9 Å². The number of nitrogens with one attached hydrogen (secondary N) is 2. The summed E-state index contributed by atoms with van der Waals surface area (Å²) in [5.74, 6) is -0.705. The van der Waals surface area contributed by atoms with Gasteiger partial charge >= 0.3 is 0 Å². The van der Waals surface area contributed by atoms with Gasteiger partial charge in [0.1, 0.15) is 6.61 Å². The second-order valence-corrected chi connectivity index (χ2v) is 4.02. The highest BCUT2D eigenvalue weighted by molar-refractivity contribution is 6.06. The lowest BCUT2D eigenvalue weighted by Crippen LogP contribution is -2.28. The summed E-state index contributed by atoms with van der Waals surface area (Å²) in [5, 5.41) is 3.59. The van der Waals surface area contributed by atoms with Gasteiger partial charge in [-0.2, -0.15) is 0 Å². The number of hydrogen-bond donors (Lipinski definition) is 3. The number of aromatic amines is 1. The Labute approximate surface area is 109 Å². The van der Waals surface area contributed by atoms with Gasteiger partial charge in [-0.25, -0.2) is 0 Å². The largest absolute Gasteiger partial charge is 0.370 e. The molecule has 19 heavy (non-hydrogen) atoms. The van der Waals surface area contributed by atoms with Gasteiger partial charge in [-0.05, 0) is 6.07 Å². The predicted octanol–water partition coefficient (Wildman–Crippen LogP) is 0.400. The molecule has 0 fully saturated rings. The molecule has 2 rings (SSSR count). The number of ether oxygens (including phenoxy) is 1. The normalized spacial score (nSPS) is 10.5. The van der Waals surface area contributed by atoms with Gasteiger partial charge in [-0.1, -0.05) is 18.2 Å². The van der Waals surface area contributed by atoms with Crippen LogP contribution in [0.1, 0.15) is 10.4 Å². The van der Waals surface area contributed by atoms with Crippen LogP contribution >= 0.6 is 0 Å². The third-order valence-corrected chi connectivity index (χ3v) is 2.61. The van der Waals surface area contributed by atoms with Gasteiger partial charge < -0.3 is 20.8 Å². The molecule has 2 amide bonds. The fourth-order valence-electron chi connectivity index (χ4n) is 1.76. The van der Waals surface area contributed by atoms with Crippen molar-refractivity contribution >= 4 is 22.7 Å². The molecule has 0 aliphatic rings. The minimum absolute atomic E-state index is 0.136. The summed E-state index contributed by atoms with van der Waals surface area (Å²) in [5.41, 5.74) is 6.42. The summed E-state index contributed by atoms with van der Waals surface area (Å²) < 4.78 is 4.95. The van der Waals surface area contributed by atoms with Crippen molar-refractivity contribution in [3.63, 3.8) is 0 Å². The predicted molar refractivity (Wildman–Crippen MR) is 70.6 cm³/mol. The number of primary amides is 1. The molecule has 0 bridgehead atoms. The van der Waals surface area contributed by atoms with Gasteiger partial charge in [0.05, 0.1) is 12.2 Å². The van der Waals surface area contributed by atoms with Crippen LogP contribution in [0.2, 0.25) is 0 Å². The molecule has 6 nitrogen and oxygen atoms in total. The highest BCUT2D eigenvalue weighted by Crippen LogP contribution is 2.17. The summed E-state index contributed by atoms with van der Waals surface area (Å²) in [4.78, 5) is 25.4. The molecule has 1 aromatic heterocycles. The molecule has 2 aromatic rings. The molecule has 4 N–H and O–H groups in total. The first-order valence-electron chi connectivity index (χ1n) is 5.89. The molecular formula is C13H15N3O3. The lowest BCUT2D eigenvalue weighted by Gasteiger charge is -2.04. The van der Waals surface area contributed by atoms with Crippen molar-refractivity contribution in [1.82, 2.24) is 10.3 Å². The molecule has 0 atom stereocenters. The number of rotatable bonds is 6. The van der Waals surface area contributed by atoms with E-state index in [4.69, 9.17) is 10.5 Å². The first kappa shape index (κ1) is 13.1. The maximum Gasteiger partial charge on any atom is 0.253 e. The fourth-order valence-corrected chi connectivity index (χ4v) is 1.76. The van der Waals surface area contributed by atoms with Crippen molar-refractivity contribution in [2.24, 2.45) is 5.73 Å². The average Bonchev–Trinajstić information content (AvgIpc) is 2.81. The molecule has 0 aliphatic carbocycles. The maximum absolute atomic E-state index is 11.9. The Hall–Kier alpha value is -2.34. The van der Waals surface area contributed by atoms with E-state index in [-0.39, 0.29) is 19.1 Å². The van der Waals surface area contributed by atoms with Crippen LogP contribution in [0.5, 0.6) is 0 Å². The number of aromatic nitrogens is 1. The Balaban J connectivity index is 1.88. The van der Waals surface area contributed by atoms with E-state index in [0.717, 1.165) is 10.9 Å². The topological polar surface area (TPSA) is 97.2 Å². The van der Waals surface area contributed by atoms with Crippen LogP contribution < -0.4 is 11.1 Å². The molecule has 0 unspecified atom stereocenters. The number of amides is 2. The van der Waals surface area contributed by atoms with E-state index in [2.05, 4.69) is 10.3 Å². The van der Waals surface area contributed by atoms with Gasteiger partial charge in [0, 0.05) is 23.6 Å². The Kier molecular flexibility index (Phi) is 4.15. The number of hydrogen-bond acceptors (Lipinski definition) is 3. The van der Waals surface area contributed by atoms with Crippen molar-refractivity contribution in [1.29, 1.82) is 0 Å². The molecule has 0 saturated carbocycles. The van der Waals surface area contributed by atoms with E-state index < -0.39 is 5.91 Å². The SMILES string of the molecule is NC(=O)COCCNC(=O)c1c[nH]c2ccccc12. The molecule has 0 radical (unpaired) electrons. The monoisotopic (exact) mass is 261 g/mol. The van der Waals surface area contributed by atoms with E-state index >= 15 is 0 Å². The second kappa shape index (κ2) is 6.01. The van der Waals surface area contributed by atoms with Gasteiger partial charge in [0.25, 0.3) is 5.91 Å². The number of H-pyrrole nitrogens is 1. The van der Waals surface area contributed by atoms with Crippen LogP contribution in [0.3, 0.4) is 0 Å². The number of carbonyl (C=O) groups is 2. The van der Waals surface area contributed by atoms with Crippen molar-refractivity contribution in [2.45, 2.75) is 0 Å². The standard InChI is InChI=1S/C13H15N3O3/c14-12(17)8-19-6-5-15-13(18)10-7-16-11-4-2-1-3-9(10)11/h1-4,7,16H,5-6,8H2,(H2,14,17)(H,15,18). The summed E-state index contributed by atoms with van der Waals surface area (Å²) in [7, 11) is 0. The van der Waals surface area contributed by atoms with Crippen LogP contribution in [0.15, 0.2) is 30.5 Å². The molecule has 1 heterocycles. The Morgan fingerprint density at radius 1 is 1.32 bits per heavy atom. The highest BCUT2D eigenvalue weighted by atomic mass is 16.5. The van der Waals surface area contributed by atoms with E-state index in [0.29, 0.717) is 12.1 Å². The van der Waals surface area contributed by atoms with Gasteiger partial charge in [0.2, 0.25) is 5.91 Å². The summed E-state index contributed by atoms with van der Waals surface area (Å²) in [6.45, 7) is 0.436. The average molecular weight is 261 g/mol. The number of benzene rings is 1. The summed E-state index contributed by atoms with van der Waals surface area (Å²) in [6, 6.07) is 7.56. The third kappa shape index (κ3) is 3.32. The summed E-state index contributed by atoms with van der Waals surface area (Å²) in [6.07, 6.45) is 1.67. The zero-order chi connectivity index (χ0) is 13.7. The van der Waals surface area contributed by atoms with Crippen molar-refractivity contribution in [3.05, 3.63) is 36.0 Å². The molecular weight excluding hydrogens is 246 g/mol. The van der Waals surface area contributed by atoms with Gasteiger partial charge in [-0.15, -0.1) is 0 Å². The summed E-state index contributed by atoms with van der Waals surface area (Å²) >= 11 is 0. The number of carbonyl (C=O) groups excluding carboxylic acids is 2. The van der Waals surface area contributed by atoms with Crippen LogP contribution in [-0.4, -0.2) is 36.6 Å². The minimum Gasteiger partial charge on any atom is -0.370 e. The van der Waals surface area contributed by atoms with Crippen LogP contribution in [0.4, 0.5) is 0 Å². The fraction of sp³-hybridized carbons (Fsp3) is 0.231. The molecule has 0 spiro atoms. The van der Waals surface area contributed by atoms with Crippen molar-refractivity contribution in [3.8, 4) is 0 Å². The van der Waals surface area contributed by atoms with E-state index in [9.17, 15) is 9.59 Å². The van der Waals surface area contributed by atoms with Crippen molar-refractivity contribution in [2.75, 3.05) is 19.8 Å². The number of nitrogens with two attached hydrogens (primary N) is 1. The first-order chi connectivity index (χ1) is 9.18. The molecule has 100 valence electrons. The zero-order valence-electron chi connectivity index (χ0n) is 10.3. The lowest BCUT2D eigenvalue weighted by molar-refractivity contribution is -0.122. The lowest BCUT2D eigenvalue weighted by atomic mass is 10.1. The molecule has 0 saturated heterocycles.